The summed E-state index contributed by atoms with van der Waals surface area (Å²) in [5.41, 5.74) is 11.7. The summed E-state index contributed by atoms with van der Waals surface area (Å²) in [4.78, 5) is 24.4. The van der Waals surface area contributed by atoms with Crippen molar-refractivity contribution >= 4 is 40.0 Å². The molecule has 36 heavy (non-hydrogen) atoms. The number of rotatable bonds is 6. The van der Waals surface area contributed by atoms with E-state index in [2.05, 4.69) is 28.1 Å². The van der Waals surface area contributed by atoms with Crippen LogP contribution in [0.4, 0.5) is 16.0 Å². The number of hydrogen-bond donors (Lipinski definition) is 4. The molecule has 2 heterocycles. The Morgan fingerprint density at radius 1 is 1.25 bits per heavy atom. The summed E-state index contributed by atoms with van der Waals surface area (Å²) in [7, 11) is 0. The summed E-state index contributed by atoms with van der Waals surface area (Å²) >= 11 is 0. The number of anilines is 2. The third kappa shape index (κ3) is 5.52. The maximum absolute atomic E-state index is 13.9. The number of nitrogen functional groups attached to an aromatic ring is 2. The van der Waals surface area contributed by atoms with E-state index in [1.165, 1.54) is 23.0 Å². The van der Waals surface area contributed by atoms with Gasteiger partial charge in [-0.3, -0.25) is 20.2 Å². The minimum atomic E-state index is -0.571. The van der Waals surface area contributed by atoms with Crippen LogP contribution < -0.4 is 17.0 Å². The van der Waals surface area contributed by atoms with Crippen LogP contribution in [0.3, 0.4) is 0 Å². The summed E-state index contributed by atoms with van der Waals surface area (Å²) in [6.45, 7) is 9.17. The molecule has 0 amide bonds. The van der Waals surface area contributed by atoms with Crippen molar-refractivity contribution in [3.05, 3.63) is 83.5 Å². The van der Waals surface area contributed by atoms with Gasteiger partial charge >= 0.3 is 0 Å². The van der Waals surface area contributed by atoms with Crippen LogP contribution in [0, 0.1) is 22.6 Å². The number of ether oxygens (including phenoxy) is 1. The smallest absolute Gasteiger partial charge is 0.268 e. The minimum absolute atomic E-state index is 0.0125. The molecule has 1 aliphatic carbocycles. The summed E-state index contributed by atoms with van der Waals surface area (Å²) in [6, 6.07) is 4.43. The predicted molar refractivity (Wildman–Crippen MR) is 139 cm³/mol. The molecule has 4 rings (SSSR count). The van der Waals surface area contributed by atoms with Gasteiger partial charge in [-0.2, -0.15) is 0 Å². The highest BCUT2D eigenvalue weighted by atomic mass is 19.1. The monoisotopic (exact) mass is 490 g/mol. The molecule has 0 unspecified atom stereocenters. The third-order valence-corrected chi connectivity index (χ3v) is 5.28. The lowest BCUT2D eigenvalue weighted by molar-refractivity contribution is 0.512. The zero-order chi connectivity index (χ0) is 26.4. The normalized spacial score (nSPS) is 12.9. The number of hydrogen-bond acceptors (Lipinski definition) is 9. The number of aromatic nitrogens is 4. The molecule has 186 valence electrons. The Morgan fingerprint density at radius 3 is 2.47 bits per heavy atom. The lowest BCUT2D eigenvalue weighted by Crippen LogP contribution is -2.24. The maximum atomic E-state index is 13.9. The van der Waals surface area contributed by atoms with Crippen molar-refractivity contribution in [2.75, 3.05) is 11.5 Å². The van der Waals surface area contributed by atoms with Crippen molar-refractivity contribution in [2.24, 2.45) is 5.92 Å². The van der Waals surface area contributed by atoms with Crippen LogP contribution in [0.1, 0.15) is 31.2 Å². The third-order valence-electron chi connectivity index (χ3n) is 5.28. The Hall–Kier alpha value is -4.67. The van der Waals surface area contributed by atoms with E-state index in [1.807, 2.05) is 6.92 Å². The molecule has 0 spiro atoms. The lowest BCUT2D eigenvalue weighted by Gasteiger charge is -2.13. The molecule has 3 aromatic rings. The molecule has 0 aliphatic heterocycles. The summed E-state index contributed by atoms with van der Waals surface area (Å²) < 4.78 is 20.3. The molecule has 11 heteroatoms. The molecule has 0 radical (unpaired) electrons. The SMILES string of the molecule is C=C/C=C(\C=C)n1c(CC)nc2cccc(F)c2c1=O.N=C(OC(=N)C1CC1)c1c(N)ncnc1N. The molecule has 1 fully saturated rings. The topological polar surface area (TPSA) is 170 Å². The lowest BCUT2D eigenvalue weighted by atomic mass is 10.2. The van der Waals surface area contributed by atoms with Crippen molar-refractivity contribution in [3.63, 3.8) is 0 Å². The van der Waals surface area contributed by atoms with Crippen molar-refractivity contribution in [1.82, 2.24) is 19.5 Å². The van der Waals surface area contributed by atoms with Gasteiger partial charge in [0.1, 0.15) is 40.6 Å². The van der Waals surface area contributed by atoms with Crippen molar-refractivity contribution < 1.29 is 9.13 Å². The number of nitrogens with one attached hydrogen (secondary N) is 2. The van der Waals surface area contributed by atoms with E-state index in [0.717, 1.165) is 12.8 Å². The quantitative estimate of drug-likeness (QED) is 0.232. The van der Waals surface area contributed by atoms with Gasteiger partial charge in [-0.25, -0.2) is 19.3 Å². The fourth-order valence-corrected chi connectivity index (χ4v) is 3.33. The number of allylic oxidation sites excluding steroid dienone is 4. The second kappa shape index (κ2) is 11.2. The number of benzene rings is 1. The highest BCUT2D eigenvalue weighted by molar-refractivity contribution is 6.05. The zero-order valence-electron chi connectivity index (χ0n) is 19.8. The summed E-state index contributed by atoms with van der Waals surface area (Å²) in [6.07, 6.45) is 8.34. The van der Waals surface area contributed by atoms with Gasteiger partial charge in [-0.1, -0.05) is 32.2 Å². The Morgan fingerprint density at radius 2 is 1.92 bits per heavy atom. The first-order valence-corrected chi connectivity index (χ1v) is 11.1. The van der Waals surface area contributed by atoms with E-state index in [1.54, 1.807) is 24.3 Å². The molecule has 0 atom stereocenters. The fourth-order valence-electron chi connectivity index (χ4n) is 3.33. The molecule has 6 N–H and O–H groups in total. The standard InChI is InChI=1S/C16H15FN2O.C9H12N6O/c1-4-8-11(5-2)19-14(6-3)18-13-10-7-9-12(17)15(13)16(19)20;10-6-5(7(11)15-3-14-6)9(13)16-8(12)4-1-2-4/h4-5,7-10H,1-2,6H2,3H3;3-4,12-13H,1-2H2,(H4,10,11,14,15)/b11-8+;. The van der Waals surface area contributed by atoms with Crippen LogP contribution in [0.15, 0.2) is 60.7 Å². The molecule has 1 aromatic carbocycles. The molecular weight excluding hydrogens is 463 g/mol. The van der Waals surface area contributed by atoms with E-state index < -0.39 is 11.4 Å². The Balaban J connectivity index is 0.000000205. The second-order valence-corrected chi connectivity index (χ2v) is 7.78. The van der Waals surface area contributed by atoms with Crippen LogP contribution in [-0.4, -0.2) is 31.3 Å². The molecule has 10 nitrogen and oxygen atoms in total. The maximum Gasteiger partial charge on any atom is 0.268 e. The molecule has 0 bridgehead atoms. The highest BCUT2D eigenvalue weighted by Crippen LogP contribution is 2.31. The highest BCUT2D eigenvalue weighted by Gasteiger charge is 2.30. The van der Waals surface area contributed by atoms with Gasteiger partial charge in [-0.15, -0.1) is 0 Å². The summed E-state index contributed by atoms with van der Waals surface area (Å²) in [5.74, 6) is 0.0919. The van der Waals surface area contributed by atoms with Gasteiger partial charge in [0.15, 0.2) is 5.90 Å². The van der Waals surface area contributed by atoms with Crippen molar-refractivity contribution in [1.29, 1.82) is 10.8 Å². The molecule has 1 aliphatic rings. The van der Waals surface area contributed by atoms with Gasteiger partial charge in [-0.05, 0) is 37.1 Å². The van der Waals surface area contributed by atoms with Crippen molar-refractivity contribution in [3.8, 4) is 0 Å². The first-order chi connectivity index (χ1) is 17.2. The predicted octanol–water partition coefficient (Wildman–Crippen LogP) is 3.68. The van der Waals surface area contributed by atoms with E-state index >= 15 is 0 Å². The van der Waals surface area contributed by atoms with Crippen molar-refractivity contribution in [2.45, 2.75) is 26.2 Å². The molecule has 0 saturated heterocycles. The average molecular weight is 491 g/mol. The van der Waals surface area contributed by atoms with Gasteiger partial charge < -0.3 is 16.2 Å². The van der Waals surface area contributed by atoms with Gasteiger partial charge in [0, 0.05) is 18.0 Å². The summed E-state index contributed by atoms with van der Waals surface area (Å²) in [5, 5.41) is 15.2. The van der Waals surface area contributed by atoms with E-state index in [4.69, 9.17) is 27.0 Å². The number of aryl methyl sites for hydroxylation is 1. The van der Waals surface area contributed by atoms with Crippen LogP contribution in [-0.2, 0) is 11.2 Å². The first kappa shape index (κ1) is 25.9. The van der Waals surface area contributed by atoms with E-state index in [-0.39, 0.29) is 40.3 Å². The molecule has 1 saturated carbocycles. The van der Waals surface area contributed by atoms with Crippen LogP contribution >= 0.6 is 0 Å². The van der Waals surface area contributed by atoms with Crippen LogP contribution in [0.25, 0.3) is 16.6 Å². The zero-order valence-corrected chi connectivity index (χ0v) is 19.8. The first-order valence-electron chi connectivity index (χ1n) is 11.1. The van der Waals surface area contributed by atoms with E-state index in [0.29, 0.717) is 23.5 Å². The Bertz CT molecular complexity index is 1420. The number of halogens is 1. The average Bonchev–Trinajstić information content (AvgIpc) is 3.69. The molecule has 2 aromatic heterocycles. The fraction of sp³-hybridized carbons (Fsp3) is 0.200. The number of nitrogens with zero attached hydrogens (tertiary/aromatic N) is 4. The Labute approximate surface area is 206 Å². The minimum Gasteiger partial charge on any atom is -0.425 e. The van der Waals surface area contributed by atoms with Gasteiger partial charge in [0.2, 0.25) is 5.90 Å². The van der Waals surface area contributed by atoms with E-state index in [9.17, 15) is 9.18 Å². The van der Waals surface area contributed by atoms with Crippen LogP contribution in [0.2, 0.25) is 0 Å². The second-order valence-electron chi connectivity index (χ2n) is 7.78. The van der Waals surface area contributed by atoms with Crippen LogP contribution in [0.5, 0.6) is 0 Å². The number of fused-ring (bicyclic) bond motifs is 1. The largest absolute Gasteiger partial charge is 0.425 e. The van der Waals surface area contributed by atoms with Gasteiger partial charge in [0.25, 0.3) is 5.56 Å². The Kier molecular flexibility index (Phi) is 8.05. The number of nitrogens with two attached hydrogens (primary N) is 2. The molecular formula is C25H27FN8O2. The van der Waals surface area contributed by atoms with Gasteiger partial charge in [0.05, 0.1) is 5.52 Å².